The van der Waals surface area contributed by atoms with Crippen LogP contribution in [-0.2, 0) is 11.3 Å². The van der Waals surface area contributed by atoms with Gasteiger partial charge in [0.2, 0.25) is 5.91 Å². The van der Waals surface area contributed by atoms with Crippen LogP contribution >= 0.6 is 0 Å². The highest BCUT2D eigenvalue weighted by atomic mass is 19.1. The lowest BCUT2D eigenvalue weighted by molar-refractivity contribution is -0.125. The number of halogens is 1. The summed E-state index contributed by atoms with van der Waals surface area (Å²) in [6, 6.07) is 11.3. The fraction of sp³-hybridized carbons (Fsp3) is 0.391. The predicted molar refractivity (Wildman–Crippen MR) is 115 cm³/mol. The van der Waals surface area contributed by atoms with Crippen molar-refractivity contribution >= 4 is 11.9 Å². The Balaban J connectivity index is 1.85. The van der Waals surface area contributed by atoms with Gasteiger partial charge in [0.15, 0.2) is 11.5 Å². The molecular weight excluding hydrogens is 401 g/mol. The van der Waals surface area contributed by atoms with Crippen molar-refractivity contribution in [3.63, 3.8) is 0 Å². The highest BCUT2D eigenvalue weighted by molar-refractivity contribution is 5.83. The molecular formula is C23H28FN3O4. The number of urea groups is 1. The molecule has 31 heavy (non-hydrogen) atoms. The summed E-state index contributed by atoms with van der Waals surface area (Å²) in [5.41, 5.74) is 1.61. The number of benzene rings is 2. The van der Waals surface area contributed by atoms with E-state index in [0.717, 1.165) is 11.1 Å². The van der Waals surface area contributed by atoms with E-state index < -0.39 is 5.92 Å². The molecule has 1 aliphatic rings. The van der Waals surface area contributed by atoms with Crippen molar-refractivity contribution in [2.45, 2.75) is 19.4 Å². The van der Waals surface area contributed by atoms with E-state index in [0.29, 0.717) is 24.6 Å². The molecule has 0 radical (unpaired) electrons. The molecule has 1 heterocycles. The first-order valence-electron chi connectivity index (χ1n) is 10.2. The summed E-state index contributed by atoms with van der Waals surface area (Å²) >= 11 is 0. The van der Waals surface area contributed by atoms with Gasteiger partial charge >= 0.3 is 6.03 Å². The smallest absolute Gasteiger partial charge is 0.317 e. The van der Waals surface area contributed by atoms with Crippen LogP contribution < -0.4 is 20.1 Å². The first kappa shape index (κ1) is 22.4. The standard InChI is InChI=1S/C23H28FN3O4/c1-4-25-23(29)27-13-18(17-6-5-7-20(30-2)21(17)31-3)19(14-27)22(28)26-12-15-8-10-16(24)11-9-15/h5-11,18-19H,4,12-14H2,1-3H3,(H,25,29)(H,26,28)/t18-,19+/m0/s1. The molecule has 0 spiro atoms. The molecule has 1 saturated heterocycles. The van der Waals surface area contributed by atoms with E-state index in [2.05, 4.69) is 10.6 Å². The van der Waals surface area contributed by atoms with Gasteiger partial charge < -0.3 is 25.0 Å². The zero-order chi connectivity index (χ0) is 22.4. The van der Waals surface area contributed by atoms with Gasteiger partial charge in [-0.3, -0.25) is 4.79 Å². The number of likely N-dealkylation sites (tertiary alicyclic amines) is 1. The number of amides is 3. The van der Waals surface area contributed by atoms with Crippen molar-refractivity contribution in [2.75, 3.05) is 33.9 Å². The number of hydrogen-bond donors (Lipinski definition) is 2. The zero-order valence-corrected chi connectivity index (χ0v) is 18.0. The molecule has 2 aromatic rings. The Hall–Kier alpha value is -3.29. The normalized spacial score (nSPS) is 17.9. The van der Waals surface area contributed by atoms with Gasteiger partial charge in [-0.1, -0.05) is 24.3 Å². The van der Waals surface area contributed by atoms with Gasteiger partial charge in [0.1, 0.15) is 5.82 Å². The largest absolute Gasteiger partial charge is 0.493 e. The third kappa shape index (κ3) is 5.07. The molecule has 0 saturated carbocycles. The van der Waals surface area contributed by atoms with E-state index in [1.807, 2.05) is 19.1 Å². The number of nitrogens with zero attached hydrogens (tertiary/aromatic N) is 1. The summed E-state index contributed by atoms with van der Waals surface area (Å²) in [4.78, 5) is 27.3. The van der Waals surface area contributed by atoms with Gasteiger partial charge in [0.25, 0.3) is 0 Å². The van der Waals surface area contributed by atoms with E-state index >= 15 is 0 Å². The minimum Gasteiger partial charge on any atom is -0.493 e. The molecule has 7 nitrogen and oxygen atoms in total. The van der Waals surface area contributed by atoms with Crippen LogP contribution in [-0.4, -0.2) is 50.7 Å². The molecule has 0 aliphatic carbocycles. The van der Waals surface area contributed by atoms with E-state index in [4.69, 9.17) is 9.47 Å². The summed E-state index contributed by atoms with van der Waals surface area (Å²) in [5.74, 6) is -0.101. The molecule has 1 aliphatic heterocycles. The van der Waals surface area contributed by atoms with Gasteiger partial charge in [-0.15, -0.1) is 0 Å². The maximum atomic E-state index is 13.1. The van der Waals surface area contributed by atoms with Gasteiger partial charge in [-0.05, 0) is 30.7 Å². The van der Waals surface area contributed by atoms with Crippen LogP contribution in [0.3, 0.4) is 0 Å². The van der Waals surface area contributed by atoms with Crippen LogP contribution in [0.5, 0.6) is 11.5 Å². The van der Waals surface area contributed by atoms with Crippen molar-refractivity contribution in [3.8, 4) is 11.5 Å². The Bertz CT molecular complexity index is 920. The molecule has 2 aromatic carbocycles. The van der Waals surface area contributed by atoms with Crippen LogP contribution in [0.2, 0.25) is 0 Å². The fourth-order valence-electron chi connectivity index (χ4n) is 3.94. The number of para-hydroxylation sites is 1. The Kier molecular flexibility index (Phi) is 7.33. The average molecular weight is 429 g/mol. The van der Waals surface area contributed by atoms with E-state index in [9.17, 15) is 14.0 Å². The lowest BCUT2D eigenvalue weighted by atomic mass is 9.87. The van der Waals surface area contributed by atoms with Crippen molar-refractivity contribution in [1.82, 2.24) is 15.5 Å². The maximum absolute atomic E-state index is 13.1. The summed E-state index contributed by atoms with van der Waals surface area (Å²) in [7, 11) is 3.12. The first-order valence-corrected chi connectivity index (χ1v) is 10.2. The second kappa shape index (κ2) is 10.1. The van der Waals surface area contributed by atoms with Gasteiger partial charge in [-0.2, -0.15) is 0 Å². The highest BCUT2D eigenvalue weighted by Gasteiger charge is 2.41. The number of carbonyl (C=O) groups excluding carboxylic acids is 2. The minimum atomic E-state index is -0.468. The van der Waals surface area contributed by atoms with Gasteiger partial charge in [0, 0.05) is 37.7 Å². The number of methoxy groups -OCH3 is 2. The molecule has 3 rings (SSSR count). The average Bonchev–Trinajstić information content (AvgIpc) is 3.23. The zero-order valence-electron chi connectivity index (χ0n) is 18.0. The monoisotopic (exact) mass is 429 g/mol. The summed E-state index contributed by atoms with van der Waals surface area (Å²) in [6.45, 7) is 3.29. The van der Waals surface area contributed by atoms with Crippen LogP contribution in [0.4, 0.5) is 9.18 Å². The molecule has 0 unspecified atom stereocenters. The number of hydrogen-bond acceptors (Lipinski definition) is 4. The van der Waals surface area contributed by atoms with Crippen molar-refractivity contribution in [3.05, 3.63) is 59.4 Å². The Labute approximate surface area is 181 Å². The number of rotatable bonds is 7. The molecule has 2 atom stereocenters. The molecule has 0 bridgehead atoms. The summed E-state index contributed by atoms with van der Waals surface area (Å²) < 4.78 is 24.1. The van der Waals surface area contributed by atoms with E-state index in [-0.39, 0.29) is 36.8 Å². The molecule has 166 valence electrons. The molecule has 1 fully saturated rings. The minimum absolute atomic E-state index is 0.175. The molecule has 0 aromatic heterocycles. The Morgan fingerprint density at radius 2 is 1.81 bits per heavy atom. The van der Waals surface area contributed by atoms with Crippen LogP contribution in [0.25, 0.3) is 0 Å². The Morgan fingerprint density at radius 3 is 2.45 bits per heavy atom. The van der Waals surface area contributed by atoms with Crippen LogP contribution in [0, 0.1) is 11.7 Å². The van der Waals surface area contributed by atoms with Gasteiger partial charge in [0.05, 0.1) is 20.1 Å². The van der Waals surface area contributed by atoms with E-state index in [1.165, 1.54) is 12.1 Å². The molecule has 3 amide bonds. The van der Waals surface area contributed by atoms with E-state index in [1.54, 1.807) is 37.3 Å². The lowest BCUT2D eigenvalue weighted by Crippen LogP contribution is -2.39. The first-order chi connectivity index (χ1) is 15.0. The Morgan fingerprint density at radius 1 is 1.06 bits per heavy atom. The van der Waals surface area contributed by atoms with Crippen molar-refractivity contribution < 1.29 is 23.5 Å². The number of ether oxygens (including phenoxy) is 2. The number of nitrogens with one attached hydrogen (secondary N) is 2. The predicted octanol–water partition coefficient (Wildman–Crippen LogP) is 2.90. The SMILES string of the molecule is CCNC(=O)N1C[C@@H](C(=O)NCc2ccc(F)cc2)[C@H](c2cccc(OC)c2OC)C1. The quantitative estimate of drug-likeness (QED) is 0.709. The summed E-state index contributed by atoms with van der Waals surface area (Å²) in [6.07, 6.45) is 0. The van der Waals surface area contributed by atoms with Crippen LogP contribution in [0.15, 0.2) is 42.5 Å². The molecule has 2 N–H and O–H groups in total. The third-order valence-corrected chi connectivity index (χ3v) is 5.48. The second-order valence-corrected chi connectivity index (χ2v) is 7.38. The third-order valence-electron chi connectivity index (χ3n) is 5.48. The lowest BCUT2D eigenvalue weighted by Gasteiger charge is -2.21. The highest BCUT2D eigenvalue weighted by Crippen LogP contribution is 2.41. The van der Waals surface area contributed by atoms with Crippen molar-refractivity contribution in [2.24, 2.45) is 5.92 Å². The van der Waals surface area contributed by atoms with Crippen LogP contribution in [0.1, 0.15) is 24.0 Å². The second-order valence-electron chi connectivity index (χ2n) is 7.38. The summed E-state index contributed by atoms with van der Waals surface area (Å²) in [5, 5.41) is 5.72. The molecule has 8 heteroatoms. The fourth-order valence-corrected chi connectivity index (χ4v) is 3.94. The number of carbonyl (C=O) groups is 2. The van der Waals surface area contributed by atoms with Crippen molar-refractivity contribution in [1.29, 1.82) is 0 Å². The topological polar surface area (TPSA) is 79.9 Å². The van der Waals surface area contributed by atoms with Gasteiger partial charge in [-0.25, -0.2) is 9.18 Å². The maximum Gasteiger partial charge on any atom is 0.317 e.